The molecule has 0 aliphatic heterocycles. The van der Waals surface area contributed by atoms with E-state index in [-0.39, 0.29) is 0 Å². The van der Waals surface area contributed by atoms with E-state index in [1.54, 1.807) is 6.92 Å². The highest BCUT2D eigenvalue weighted by molar-refractivity contribution is 7.53. The molecule has 0 atom stereocenters. The Hall–Kier alpha value is -1.16. The average molecular weight is 241 g/mol. The molecule has 16 heavy (non-hydrogen) atoms. The second kappa shape index (κ2) is 5.80. The SMILES string of the molecule is C/C(CCc1ccccc1)=N\OP(N)(N)=O. The predicted molar refractivity (Wildman–Crippen MR) is 64.9 cm³/mol. The van der Waals surface area contributed by atoms with Gasteiger partial charge in [0.05, 0.1) is 5.71 Å². The Labute approximate surface area is 95.0 Å². The number of hydrogen-bond acceptors (Lipinski definition) is 3. The summed E-state index contributed by atoms with van der Waals surface area (Å²) in [5, 5.41) is 3.61. The molecule has 0 fully saturated rings. The van der Waals surface area contributed by atoms with Crippen molar-refractivity contribution in [1.82, 2.24) is 0 Å². The van der Waals surface area contributed by atoms with Gasteiger partial charge in [-0.15, -0.1) is 0 Å². The maximum absolute atomic E-state index is 10.8. The smallest absolute Gasteiger partial charge is 0.312 e. The molecule has 0 radical (unpaired) electrons. The summed E-state index contributed by atoms with van der Waals surface area (Å²) in [6.07, 6.45) is 1.56. The Morgan fingerprint density at radius 1 is 1.38 bits per heavy atom. The molecule has 0 aromatic heterocycles. The molecule has 6 heteroatoms. The average Bonchev–Trinajstić information content (AvgIpc) is 2.24. The summed E-state index contributed by atoms with van der Waals surface area (Å²) in [5.41, 5.74) is 11.9. The van der Waals surface area contributed by atoms with E-state index in [1.807, 2.05) is 30.3 Å². The fraction of sp³-hybridized carbons (Fsp3) is 0.300. The van der Waals surface area contributed by atoms with Crippen molar-refractivity contribution in [2.24, 2.45) is 16.2 Å². The van der Waals surface area contributed by atoms with Gasteiger partial charge in [0.1, 0.15) is 0 Å². The molecule has 1 rings (SSSR count). The third-order valence-corrected chi connectivity index (χ3v) is 2.28. The van der Waals surface area contributed by atoms with Crippen LogP contribution in [0.5, 0.6) is 0 Å². The topological polar surface area (TPSA) is 90.7 Å². The van der Waals surface area contributed by atoms with Gasteiger partial charge < -0.3 is 4.62 Å². The fourth-order valence-electron chi connectivity index (χ4n) is 1.15. The normalized spacial score (nSPS) is 12.6. The zero-order valence-corrected chi connectivity index (χ0v) is 10.1. The first kappa shape index (κ1) is 12.9. The van der Waals surface area contributed by atoms with Crippen LogP contribution in [0.2, 0.25) is 0 Å². The van der Waals surface area contributed by atoms with Crippen LogP contribution in [-0.2, 0) is 15.6 Å². The van der Waals surface area contributed by atoms with Gasteiger partial charge >= 0.3 is 7.67 Å². The molecule has 4 N–H and O–H groups in total. The summed E-state index contributed by atoms with van der Waals surface area (Å²) in [5.74, 6) is 0. The minimum atomic E-state index is -3.50. The molecule has 0 aliphatic carbocycles. The Bertz CT molecular complexity index is 400. The maximum atomic E-state index is 10.8. The number of hydrogen-bond donors (Lipinski definition) is 2. The van der Waals surface area contributed by atoms with Gasteiger partial charge in [-0.2, -0.15) is 0 Å². The van der Waals surface area contributed by atoms with Crippen LogP contribution in [0.15, 0.2) is 35.5 Å². The highest BCUT2D eigenvalue weighted by atomic mass is 31.2. The Kier molecular flexibility index (Phi) is 4.68. The van der Waals surface area contributed by atoms with E-state index >= 15 is 0 Å². The molecule has 1 aromatic carbocycles. The van der Waals surface area contributed by atoms with Crippen LogP contribution in [0.25, 0.3) is 0 Å². The minimum absolute atomic E-state index is 0.708. The van der Waals surface area contributed by atoms with Gasteiger partial charge in [0.2, 0.25) is 0 Å². The largest absolute Gasteiger partial charge is 0.405 e. The first-order valence-corrected chi connectivity index (χ1v) is 6.67. The summed E-state index contributed by atoms with van der Waals surface area (Å²) in [7, 11) is -3.50. The summed E-state index contributed by atoms with van der Waals surface area (Å²) < 4.78 is 15.3. The Morgan fingerprint density at radius 2 is 2.00 bits per heavy atom. The molecule has 5 nitrogen and oxygen atoms in total. The molecule has 0 unspecified atom stereocenters. The number of benzene rings is 1. The van der Waals surface area contributed by atoms with Gasteiger partial charge in [-0.3, -0.25) is 0 Å². The lowest BCUT2D eigenvalue weighted by molar-refractivity contribution is 0.333. The van der Waals surface area contributed by atoms with E-state index in [9.17, 15) is 4.57 Å². The van der Waals surface area contributed by atoms with Gasteiger partial charge in [0, 0.05) is 0 Å². The summed E-state index contributed by atoms with van der Waals surface area (Å²) in [6.45, 7) is 1.78. The van der Waals surface area contributed by atoms with E-state index in [0.29, 0.717) is 12.1 Å². The molecule has 88 valence electrons. The third-order valence-electron chi connectivity index (χ3n) is 1.94. The molecule has 0 saturated carbocycles. The lowest BCUT2D eigenvalue weighted by Crippen LogP contribution is -2.06. The first-order chi connectivity index (χ1) is 7.47. The van der Waals surface area contributed by atoms with Crippen LogP contribution < -0.4 is 11.0 Å². The zero-order chi connectivity index (χ0) is 12.0. The van der Waals surface area contributed by atoms with Crippen LogP contribution in [0.3, 0.4) is 0 Å². The molecular weight excluding hydrogens is 225 g/mol. The molecule has 0 spiro atoms. The standard InChI is InChI=1S/C10H16N3O2P/c1-9(13-15-16(11,12)14)7-8-10-5-3-2-4-6-10/h2-6H,7-8H2,1H3,(H4,11,12,14)/b13-9+. The lowest BCUT2D eigenvalue weighted by Gasteiger charge is -2.04. The van der Waals surface area contributed by atoms with Crippen molar-refractivity contribution in [3.63, 3.8) is 0 Å². The van der Waals surface area contributed by atoms with Crippen LogP contribution in [-0.4, -0.2) is 5.71 Å². The Balaban J connectivity index is 2.41. The lowest BCUT2D eigenvalue weighted by atomic mass is 10.1. The second-order valence-corrected chi connectivity index (χ2v) is 4.99. The van der Waals surface area contributed by atoms with E-state index in [0.717, 1.165) is 6.42 Å². The fourth-order valence-corrected chi connectivity index (χ4v) is 1.42. The van der Waals surface area contributed by atoms with Crippen LogP contribution in [0.4, 0.5) is 0 Å². The van der Waals surface area contributed by atoms with Crippen LogP contribution in [0, 0.1) is 0 Å². The van der Waals surface area contributed by atoms with Crippen molar-refractivity contribution in [1.29, 1.82) is 0 Å². The first-order valence-electron chi connectivity index (χ1n) is 4.91. The quantitative estimate of drug-likeness (QED) is 0.469. The molecule has 0 bridgehead atoms. The molecule has 0 amide bonds. The van der Waals surface area contributed by atoms with Gasteiger partial charge in [-0.1, -0.05) is 35.5 Å². The van der Waals surface area contributed by atoms with Crippen molar-refractivity contribution < 1.29 is 9.19 Å². The Morgan fingerprint density at radius 3 is 2.56 bits per heavy atom. The highest BCUT2D eigenvalue weighted by Gasteiger charge is 2.08. The van der Waals surface area contributed by atoms with E-state index < -0.39 is 7.67 Å². The second-order valence-electron chi connectivity index (χ2n) is 3.54. The van der Waals surface area contributed by atoms with Crippen LogP contribution in [0.1, 0.15) is 18.9 Å². The van der Waals surface area contributed by atoms with Gasteiger partial charge in [-0.05, 0) is 25.3 Å². The monoisotopic (exact) mass is 241 g/mol. The van der Waals surface area contributed by atoms with E-state index in [4.69, 9.17) is 11.0 Å². The number of oxime groups is 1. The van der Waals surface area contributed by atoms with Crippen molar-refractivity contribution in [2.75, 3.05) is 0 Å². The summed E-state index contributed by atoms with van der Waals surface area (Å²) >= 11 is 0. The molecule has 0 heterocycles. The van der Waals surface area contributed by atoms with Crippen molar-refractivity contribution in [2.45, 2.75) is 19.8 Å². The van der Waals surface area contributed by atoms with Crippen molar-refractivity contribution >= 4 is 13.4 Å². The number of aryl methyl sites for hydroxylation is 1. The zero-order valence-electron chi connectivity index (χ0n) is 9.17. The third kappa shape index (κ3) is 5.66. The number of nitrogens with two attached hydrogens (primary N) is 2. The number of nitrogens with zero attached hydrogens (tertiary/aromatic N) is 1. The predicted octanol–water partition coefficient (Wildman–Crippen LogP) is 2.04. The molecule has 0 saturated heterocycles. The van der Waals surface area contributed by atoms with Crippen LogP contribution >= 0.6 is 7.67 Å². The van der Waals surface area contributed by atoms with E-state index in [1.165, 1.54) is 5.56 Å². The summed E-state index contributed by atoms with van der Waals surface area (Å²) in [4.78, 5) is 0. The maximum Gasteiger partial charge on any atom is 0.405 e. The minimum Gasteiger partial charge on any atom is -0.312 e. The molecule has 0 aliphatic rings. The summed E-state index contributed by atoms with van der Waals surface area (Å²) in [6, 6.07) is 9.99. The van der Waals surface area contributed by atoms with Crippen molar-refractivity contribution in [3.05, 3.63) is 35.9 Å². The van der Waals surface area contributed by atoms with Crippen molar-refractivity contribution in [3.8, 4) is 0 Å². The number of rotatable bonds is 5. The van der Waals surface area contributed by atoms with Gasteiger partial charge in [0.15, 0.2) is 0 Å². The van der Waals surface area contributed by atoms with E-state index in [2.05, 4.69) is 9.78 Å². The van der Waals surface area contributed by atoms with Gasteiger partial charge in [0.25, 0.3) is 0 Å². The highest BCUT2D eigenvalue weighted by Crippen LogP contribution is 2.26. The molecular formula is C10H16N3O2P. The van der Waals surface area contributed by atoms with Gasteiger partial charge in [-0.25, -0.2) is 15.6 Å². The molecule has 1 aromatic rings.